The maximum absolute atomic E-state index is 11.2. The van der Waals surface area contributed by atoms with E-state index in [2.05, 4.69) is 5.32 Å². The van der Waals surface area contributed by atoms with Crippen molar-refractivity contribution in [2.45, 2.75) is 17.5 Å². The van der Waals surface area contributed by atoms with Crippen molar-refractivity contribution in [3.05, 3.63) is 29.8 Å². The molecule has 0 bridgehead atoms. The largest absolute Gasteiger partial charge is 0.308 e. The van der Waals surface area contributed by atoms with Gasteiger partial charge in [0, 0.05) is 30.3 Å². The van der Waals surface area contributed by atoms with Gasteiger partial charge in [0.1, 0.15) is 0 Å². The van der Waals surface area contributed by atoms with Gasteiger partial charge in [0.15, 0.2) is 9.84 Å². The molecule has 1 fully saturated rings. The molecule has 2 rings (SSSR count). The van der Waals surface area contributed by atoms with Gasteiger partial charge >= 0.3 is 0 Å². The predicted octanol–water partition coefficient (Wildman–Crippen LogP) is 1.30. The Labute approximate surface area is 101 Å². The SMILES string of the molecule is CS(=O)(=O)c1ccc(CNC2CSC2)cc1. The van der Waals surface area contributed by atoms with E-state index in [1.807, 2.05) is 23.9 Å². The minimum absolute atomic E-state index is 0.385. The Morgan fingerprint density at radius 3 is 2.38 bits per heavy atom. The van der Waals surface area contributed by atoms with E-state index in [1.165, 1.54) is 17.8 Å². The van der Waals surface area contributed by atoms with E-state index in [4.69, 9.17) is 0 Å². The molecule has 1 saturated heterocycles. The van der Waals surface area contributed by atoms with Gasteiger partial charge in [-0.15, -0.1) is 0 Å². The van der Waals surface area contributed by atoms with Crippen molar-refractivity contribution in [1.29, 1.82) is 0 Å². The molecule has 3 nitrogen and oxygen atoms in total. The van der Waals surface area contributed by atoms with Crippen LogP contribution in [0.15, 0.2) is 29.2 Å². The summed E-state index contributed by atoms with van der Waals surface area (Å²) in [5.74, 6) is 2.36. The van der Waals surface area contributed by atoms with Crippen molar-refractivity contribution < 1.29 is 8.42 Å². The van der Waals surface area contributed by atoms with Gasteiger partial charge in [0.25, 0.3) is 0 Å². The molecule has 0 spiro atoms. The Morgan fingerprint density at radius 1 is 1.31 bits per heavy atom. The summed E-state index contributed by atoms with van der Waals surface area (Å²) in [7, 11) is -3.07. The van der Waals surface area contributed by atoms with E-state index < -0.39 is 9.84 Å². The lowest BCUT2D eigenvalue weighted by Gasteiger charge is -2.26. The van der Waals surface area contributed by atoms with Crippen molar-refractivity contribution in [3.63, 3.8) is 0 Å². The quantitative estimate of drug-likeness (QED) is 0.883. The normalized spacial score (nSPS) is 17.1. The van der Waals surface area contributed by atoms with Gasteiger partial charge in [0.2, 0.25) is 0 Å². The van der Waals surface area contributed by atoms with Crippen molar-refractivity contribution in [3.8, 4) is 0 Å². The number of nitrogens with one attached hydrogen (secondary N) is 1. The second kappa shape index (κ2) is 4.77. The van der Waals surface area contributed by atoms with Crippen LogP contribution in [0.25, 0.3) is 0 Å². The fourth-order valence-electron chi connectivity index (χ4n) is 1.47. The zero-order valence-corrected chi connectivity index (χ0v) is 10.8. The molecule has 5 heteroatoms. The van der Waals surface area contributed by atoms with Crippen molar-refractivity contribution >= 4 is 21.6 Å². The van der Waals surface area contributed by atoms with Crippen LogP contribution in [-0.2, 0) is 16.4 Å². The second-order valence-corrected chi connectivity index (χ2v) is 7.12. The zero-order valence-electron chi connectivity index (χ0n) is 9.14. The fourth-order valence-corrected chi connectivity index (χ4v) is 2.81. The molecule has 0 atom stereocenters. The molecule has 1 N–H and O–H groups in total. The number of hydrogen-bond acceptors (Lipinski definition) is 4. The molecule has 0 radical (unpaired) electrons. The van der Waals surface area contributed by atoms with Crippen LogP contribution < -0.4 is 5.32 Å². The summed E-state index contributed by atoms with van der Waals surface area (Å²) in [6, 6.07) is 7.70. The van der Waals surface area contributed by atoms with Crippen molar-refractivity contribution in [1.82, 2.24) is 5.32 Å². The van der Waals surface area contributed by atoms with E-state index >= 15 is 0 Å². The van der Waals surface area contributed by atoms with Crippen LogP contribution in [0.4, 0.5) is 0 Å². The Bertz CT molecular complexity index is 449. The van der Waals surface area contributed by atoms with E-state index in [9.17, 15) is 8.42 Å². The van der Waals surface area contributed by atoms with Crippen LogP contribution in [0.1, 0.15) is 5.56 Å². The molecule has 1 aliphatic rings. The standard InChI is InChI=1S/C11H15NO2S2/c1-16(13,14)11-4-2-9(3-5-11)6-12-10-7-15-8-10/h2-5,10,12H,6-8H2,1H3. The Kier molecular flexibility index (Phi) is 3.56. The summed E-state index contributed by atoms with van der Waals surface area (Å²) in [5.41, 5.74) is 1.13. The Hall–Kier alpha value is -0.520. The van der Waals surface area contributed by atoms with Crippen LogP contribution in [0, 0.1) is 0 Å². The van der Waals surface area contributed by atoms with Crippen molar-refractivity contribution in [2.24, 2.45) is 0 Å². The van der Waals surface area contributed by atoms with Crippen LogP contribution >= 0.6 is 11.8 Å². The molecule has 1 aliphatic heterocycles. The Balaban J connectivity index is 1.96. The van der Waals surface area contributed by atoms with Gasteiger partial charge in [-0.1, -0.05) is 12.1 Å². The smallest absolute Gasteiger partial charge is 0.175 e. The predicted molar refractivity (Wildman–Crippen MR) is 67.5 cm³/mol. The summed E-state index contributed by atoms with van der Waals surface area (Å²) in [5, 5.41) is 3.42. The number of benzene rings is 1. The minimum atomic E-state index is -3.07. The molecule has 1 aromatic carbocycles. The summed E-state index contributed by atoms with van der Waals surface area (Å²) in [6.45, 7) is 0.815. The topological polar surface area (TPSA) is 46.2 Å². The van der Waals surface area contributed by atoms with Gasteiger partial charge in [-0.3, -0.25) is 0 Å². The molecule has 0 amide bonds. The first-order chi connectivity index (χ1) is 7.55. The molecule has 1 aromatic rings. The average Bonchev–Trinajstić information content (AvgIpc) is 2.15. The molecule has 0 saturated carbocycles. The highest BCUT2D eigenvalue weighted by Gasteiger charge is 2.16. The molecular weight excluding hydrogens is 242 g/mol. The van der Waals surface area contributed by atoms with Crippen molar-refractivity contribution in [2.75, 3.05) is 17.8 Å². The molecule has 0 aromatic heterocycles. The zero-order chi connectivity index (χ0) is 11.6. The number of thioether (sulfide) groups is 1. The van der Waals surface area contributed by atoms with Crippen LogP contribution in [0.3, 0.4) is 0 Å². The third kappa shape index (κ3) is 2.99. The third-order valence-electron chi connectivity index (χ3n) is 2.58. The Morgan fingerprint density at radius 2 is 1.94 bits per heavy atom. The lowest BCUT2D eigenvalue weighted by atomic mass is 10.2. The summed E-state index contributed by atoms with van der Waals surface area (Å²) in [4.78, 5) is 0.385. The van der Waals surface area contributed by atoms with Gasteiger partial charge in [-0.2, -0.15) is 11.8 Å². The maximum atomic E-state index is 11.2. The first kappa shape index (κ1) is 12.0. The van der Waals surface area contributed by atoms with E-state index in [-0.39, 0.29) is 0 Å². The van der Waals surface area contributed by atoms with Gasteiger partial charge in [0.05, 0.1) is 4.90 Å². The van der Waals surface area contributed by atoms with Crippen LogP contribution in [-0.4, -0.2) is 32.2 Å². The van der Waals surface area contributed by atoms with E-state index in [0.29, 0.717) is 10.9 Å². The van der Waals surface area contributed by atoms with E-state index in [1.54, 1.807) is 12.1 Å². The summed E-state index contributed by atoms with van der Waals surface area (Å²) < 4.78 is 22.5. The number of sulfone groups is 1. The van der Waals surface area contributed by atoms with Gasteiger partial charge < -0.3 is 5.32 Å². The third-order valence-corrected chi connectivity index (χ3v) is 4.99. The highest BCUT2D eigenvalue weighted by atomic mass is 32.2. The lowest BCUT2D eigenvalue weighted by Crippen LogP contribution is -2.39. The fraction of sp³-hybridized carbons (Fsp3) is 0.455. The highest BCUT2D eigenvalue weighted by Crippen LogP contribution is 2.18. The van der Waals surface area contributed by atoms with Gasteiger partial charge in [-0.05, 0) is 17.7 Å². The molecule has 0 unspecified atom stereocenters. The molecule has 0 aliphatic carbocycles. The first-order valence-electron chi connectivity index (χ1n) is 5.16. The molecule has 16 heavy (non-hydrogen) atoms. The molecule has 1 heterocycles. The maximum Gasteiger partial charge on any atom is 0.175 e. The average molecular weight is 257 g/mol. The minimum Gasteiger partial charge on any atom is -0.308 e. The van der Waals surface area contributed by atoms with E-state index in [0.717, 1.165) is 12.1 Å². The highest BCUT2D eigenvalue weighted by molar-refractivity contribution is 8.00. The van der Waals surface area contributed by atoms with Crippen LogP contribution in [0.2, 0.25) is 0 Å². The first-order valence-corrected chi connectivity index (χ1v) is 8.20. The monoisotopic (exact) mass is 257 g/mol. The summed E-state index contributed by atoms with van der Waals surface area (Å²) >= 11 is 1.94. The lowest BCUT2D eigenvalue weighted by molar-refractivity contribution is 0.582. The molecular formula is C11H15NO2S2. The number of hydrogen-bond donors (Lipinski definition) is 1. The number of rotatable bonds is 4. The molecule has 88 valence electrons. The second-order valence-electron chi connectivity index (χ2n) is 4.03. The van der Waals surface area contributed by atoms with Gasteiger partial charge in [-0.25, -0.2) is 8.42 Å². The summed E-state index contributed by atoms with van der Waals surface area (Å²) in [6.07, 6.45) is 1.23. The van der Waals surface area contributed by atoms with Crippen LogP contribution in [0.5, 0.6) is 0 Å².